The van der Waals surface area contributed by atoms with Crippen molar-refractivity contribution < 1.29 is 19.4 Å². The van der Waals surface area contributed by atoms with E-state index < -0.39 is 11.9 Å². The molecular formula is C28H40N4O4. The molecule has 8 nitrogen and oxygen atoms in total. The summed E-state index contributed by atoms with van der Waals surface area (Å²) in [7, 11) is 0. The highest BCUT2D eigenvalue weighted by molar-refractivity contribution is 5.79. The molecule has 2 aliphatic heterocycles. The van der Waals surface area contributed by atoms with Crippen LogP contribution in [0.5, 0.6) is 5.75 Å². The molecule has 1 amide bonds. The van der Waals surface area contributed by atoms with Gasteiger partial charge in [-0.15, -0.1) is 0 Å². The number of amides is 1. The van der Waals surface area contributed by atoms with Crippen molar-refractivity contribution in [3.63, 3.8) is 0 Å². The van der Waals surface area contributed by atoms with E-state index in [9.17, 15) is 14.7 Å². The number of hydrogen-bond donors (Lipinski definition) is 1. The number of nitrogens with zero attached hydrogens (tertiary/aromatic N) is 4. The lowest BCUT2D eigenvalue weighted by Gasteiger charge is -2.29. The summed E-state index contributed by atoms with van der Waals surface area (Å²) in [5.74, 6) is -0.565. The van der Waals surface area contributed by atoms with Crippen molar-refractivity contribution in [3.8, 4) is 5.75 Å². The molecule has 3 unspecified atom stereocenters. The van der Waals surface area contributed by atoms with Crippen LogP contribution in [0.1, 0.15) is 63.0 Å². The van der Waals surface area contributed by atoms with E-state index in [1.165, 1.54) is 0 Å². The second-order valence-corrected chi connectivity index (χ2v) is 10.1. The second-order valence-electron chi connectivity index (χ2n) is 10.1. The molecule has 1 saturated heterocycles. The highest BCUT2D eigenvalue weighted by Crippen LogP contribution is 2.41. The number of aromatic nitrogens is 2. The molecule has 8 heteroatoms. The number of unbranched alkanes of at least 4 members (excludes halogenated alkanes) is 2. The number of benzene rings is 1. The van der Waals surface area contributed by atoms with Crippen molar-refractivity contribution in [2.75, 3.05) is 32.8 Å². The van der Waals surface area contributed by atoms with Crippen LogP contribution in [0.2, 0.25) is 0 Å². The molecular weight excluding hydrogens is 456 g/mol. The number of likely N-dealkylation sites (tertiary alicyclic amines) is 1. The van der Waals surface area contributed by atoms with Crippen LogP contribution in [0, 0.1) is 5.92 Å². The highest BCUT2D eigenvalue weighted by atomic mass is 16.5. The number of hydrogen-bond acceptors (Lipinski definition) is 5. The monoisotopic (exact) mass is 496 g/mol. The number of rotatable bonds is 13. The van der Waals surface area contributed by atoms with E-state index in [2.05, 4.69) is 29.9 Å². The number of carbonyl (C=O) groups excluding carboxylic acids is 1. The van der Waals surface area contributed by atoms with Crippen LogP contribution in [0.4, 0.5) is 0 Å². The quantitative estimate of drug-likeness (QED) is 0.454. The van der Waals surface area contributed by atoms with Gasteiger partial charge in [0.2, 0.25) is 5.91 Å². The van der Waals surface area contributed by atoms with Gasteiger partial charge in [-0.3, -0.25) is 19.2 Å². The third-order valence-corrected chi connectivity index (χ3v) is 7.64. The first-order valence-electron chi connectivity index (χ1n) is 13.5. The molecule has 0 radical (unpaired) electrons. The van der Waals surface area contributed by atoms with Crippen LogP contribution in [-0.4, -0.2) is 75.4 Å². The van der Waals surface area contributed by atoms with E-state index >= 15 is 0 Å². The molecule has 0 spiro atoms. The molecule has 3 atom stereocenters. The number of fused-ring (bicyclic) bond motifs is 1. The third kappa shape index (κ3) is 6.09. The molecule has 0 saturated carbocycles. The fourth-order valence-electron chi connectivity index (χ4n) is 5.66. The average molecular weight is 497 g/mol. The van der Waals surface area contributed by atoms with Crippen LogP contribution in [0.3, 0.4) is 0 Å². The Hall–Kier alpha value is -2.87. The standard InChI is InChI=1S/C28H40N4O4/c1-3-5-13-30(14-6-4-2)26(33)20-31-19-23(21-8-9-25-22(18-21)11-17-36-25)27(28(34)35)24(31)10-16-32-15-7-12-29-32/h7-9,12,15,18,23-24,27H,3-6,10-11,13-14,16-17,19-20H2,1-2H3,(H,34,35). The van der Waals surface area contributed by atoms with Crippen LogP contribution < -0.4 is 4.74 Å². The second kappa shape index (κ2) is 12.4. The molecule has 1 N–H and O–H groups in total. The maximum Gasteiger partial charge on any atom is 0.308 e. The molecule has 196 valence electrons. The van der Waals surface area contributed by atoms with Gasteiger partial charge in [-0.1, -0.05) is 38.8 Å². The first-order valence-corrected chi connectivity index (χ1v) is 13.5. The van der Waals surface area contributed by atoms with Gasteiger partial charge >= 0.3 is 5.97 Å². The zero-order chi connectivity index (χ0) is 25.5. The van der Waals surface area contributed by atoms with Gasteiger partial charge in [0.25, 0.3) is 0 Å². The predicted octanol–water partition coefficient (Wildman–Crippen LogP) is 3.81. The lowest BCUT2D eigenvalue weighted by Crippen LogP contribution is -2.45. The van der Waals surface area contributed by atoms with Crippen molar-refractivity contribution in [3.05, 3.63) is 47.8 Å². The summed E-state index contributed by atoms with van der Waals surface area (Å²) in [6, 6.07) is 7.73. The maximum absolute atomic E-state index is 13.5. The summed E-state index contributed by atoms with van der Waals surface area (Å²) in [5, 5.41) is 14.7. The third-order valence-electron chi connectivity index (χ3n) is 7.64. The van der Waals surface area contributed by atoms with Crippen LogP contribution in [0.15, 0.2) is 36.7 Å². The highest BCUT2D eigenvalue weighted by Gasteiger charge is 2.47. The minimum absolute atomic E-state index is 0.105. The minimum atomic E-state index is -0.800. The minimum Gasteiger partial charge on any atom is -0.493 e. The summed E-state index contributed by atoms with van der Waals surface area (Å²) in [4.78, 5) is 30.2. The Bertz CT molecular complexity index is 1000. The molecule has 2 aromatic rings. The number of carboxylic acids is 1. The van der Waals surface area contributed by atoms with E-state index in [0.717, 1.165) is 62.1 Å². The maximum atomic E-state index is 13.5. The van der Waals surface area contributed by atoms with Crippen LogP contribution in [-0.2, 0) is 22.6 Å². The van der Waals surface area contributed by atoms with Gasteiger partial charge in [0.1, 0.15) is 5.75 Å². The zero-order valence-electron chi connectivity index (χ0n) is 21.6. The topological polar surface area (TPSA) is 87.9 Å². The summed E-state index contributed by atoms with van der Waals surface area (Å²) in [6.45, 7) is 7.90. The normalized spacial score (nSPS) is 21.3. The van der Waals surface area contributed by atoms with Gasteiger partial charge in [0.15, 0.2) is 0 Å². The number of aryl methyl sites for hydroxylation is 1. The van der Waals surface area contributed by atoms with Crippen molar-refractivity contribution in [2.24, 2.45) is 5.92 Å². The predicted molar refractivity (Wildman–Crippen MR) is 138 cm³/mol. The molecule has 0 aliphatic carbocycles. The average Bonchev–Trinajstić information content (AvgIpc) is 3.62. The molecule has 4 rings (SSSR count). The number of aliphatic carboxylic acids is 1. The SMILES string of the molecule is CCCCN(CCCC)C(=O)CN1CC(c2ccc3c(c2)CCO3)C(C(=O)O)C1CCn1cccn1. The number of carboxylic acid groups (broad SMARTS) is 1. The van der Waals surface area contributed by atoms with E-state index in [1.54, 1.807) is 6.20 Å². The molecule has 36 heavy (non-hydrogen) atoms. The van der Waals surface area contributed by atoms with E-state index in [1.807, 2.05) is 34.0 Å². The lowest BCUT2D eigenvalue weighted by molar-refractivity contribution is -0.144. The van der Waals surface area contributed by atoms with Gasteiger partial charge in [-0.05, 0) is 42.5 Å². The van der Waals surface area contributed by atoms with Crippen molar-refractivity contribution in [2.45, 2.75) is 70.9 Å². The number of ether oxygens (including phenoxy) is 1. The van der Waals surface area contributed by atoms with Crippen molar-refractivity contribution in [1.29, 1.82) is 0 Å². The largest absolute Gasteiger partial charge is 0.493 e. The summed E-state index contributed by atoms with van der Waals surface area (Å²) in [6.07, 6.45) is 9.15. The molecule has 2 aliphatic rings. The Morgan fingerprint density at radius 1 is 1.19 bits per heavy atom. The molecule has 1 aromatic heterocycles. The fraction of sp³-hybridized carbons (Fsp3) is 0.607. The Morgan fingerprint density at radius 2 is 1.97 bits per heavy atom. The first kappa shape index (κ1) is 26.2. The van der Waals surface area contributed by atoms with Gasteiger partial charge in [-0.25, -0.2) is 0 Å². The van der Waals surface area contributed by atoms with Crippen molar-refractivity contribution >= 4 is 11.9 Å². The first-order chi connectivity index (χ1) is 17.5. The zero-order valence-corrected chi connectivity index (χ0v) is 21.6. The Labute approximate surface area is 214 Å². The Balaban J connectivity index is 1.58. The van der Waals surface area contributed by atoms with E-state index in [4.69, 9.17) is 4.74 Å². The van der Waals surface area contributed by atoms with Crippen molar-refractivity contribution in [1.82, 2.24) is 19.6 Å². The van der Waals surface area contributed by atoms with Gasteiger partial charge in [-0.2, -0.15) is 5.10 Å². The summed E-state index contributed by atoms with van der Waals surface area (Å²) >= 11 is 0. The van der Waals surface area contributed by atoms with Gasteiger partial charge in [0.05, 0.1) is 19.1 Å². The molecule has 3 heterocycles. The summed E-state index contributed by atoms with van der Waals surface area (Å²) < 4.78 is 7.51. The van der Waals surface area contributed by atoms with Gasteiger partial charge in [0, 0.05) is 57.0 Å². The smallest absolute Gasteiger partial charge is 0.308 e. The van der Waals surface area contributed by atoms with E-state index in [0.29, 0.717) is 26.1 Å². The van der Waals surface area contributed by atoms with Gasteiger partial charge < -0.3 is 14.7 Å². The fourth-order valence-corrected chi connectivity index (χ4v) is 5.66. The molecule has 1 fully saturated rings. The Morgan fingerprint density at radius 3 is 2.64 bits per heavy atom. The Kier molecular flexibility index (Phi) is 9.02. The summed E-state index contributed by atoms with van der Waals surface area (Å²) in [5.41, 5.74) is 2.17. The molecule has 1 aromatic carbocycles. The van der Waals surface area contributed by atoms with Crippen LogP contribution >= 0.6 is 0 Å². The van der Waals surface area contributed by atoms with E-state index in [-0.39, 0.29) is 24.4 Å². The number of carbonyl (C=O) groups is 2. The van der Waals surface area contributed by atoms with Crippen LogP contribution in [0.25, 0.3) is 0 Å². The lowest BCUT2D eigenvalue weighted by atomic mass is 9.83. The molecule has 0 bridgehead atoms.